The molecule has 0 amide bonds. The number of aryl methyl sites for hydroxylation is 1. The van der Waals surface area contributed by atoms with Crippen molar-refractivity contribution in [3.63, 3.8) is 0 Å². The summed E-state index contributed by atoms with van der Waals surface area (Å²) in [7, 11) is -0.290. The molecule has 112 valence electrons. The Morgan fingerprint density at radius 1 is 1.40 bits per heavy atom. The average Bonchev–Trinajstić information content (AvgIpc) is 3.05. The zero-order chi connectivity index (χ0) is 14.5. The van der Waals surface area contributed by atoms with Crippen LogP contribution in [-0.4, -0.2) is 41.3 Å². The summed E-state index contributed by atoms with van der Waals surface area (Å²) in [6, 6.07) is 0. The topological polar surface area (TPSA) is 68.1 Å². The maximum absolute atomic E-state index is 12.6. The van der Waals surface area contributed by atoms with Crippen molar-refractivity contribution in [1.82, 2.24) is 19.3 Å². The predicted molar refractivity (Wildman–Crippen MR) is 77.5 cm³/mol. The Bertz CT molecular complexity index is 595. The van der Waals surface area contributed by atoms with Gasteiger partial charge in [0.05, 0.1) is 0 Å². The van der Waals surface area contributed by atoms with Crippen molar-refractivity contribution < 1.29 is 8.42 Å². The van der Waals surface area contributed by atoms with Gasteiger partial charge in [-0.05, 0) is 52.9 Å². The van der Waals surface area contributed by atoms with Crippen LogP contribution in [0.4, 0.5) is 0 Å². The Morgan fingerprint density at radius 3 is 2.65 bits per heavy atom. The SMILES string of the molecule is CN(CC1CC2CCC1C2)S(=O)(=O)c1c(Br)nnn1C. The van der Waals surface area contributed by atoms with E-state index < -0.39 is 10.0 Å². The lowest BCUT2D eigenvalue weighted by molar-refractivity contribution is 0.279. The van der Waals surface area contributed by atoms with Crippen LogP contribution < -0.4 is 0 Å². The van der Waals surface area contributed by atoms with Gasteiger partial charge in [0, 0.05) is 20.6 Å². The smallest absolute Gasteiger partial charge is 0.235 e. The van der Waals surface area contributed by atoms with E-state index in [9.17, 15) is 8.42 Å². The third-order valence-electron chi connectivity index (χ3n) is 4.77. The highest BCUT2D eigenvalue weighted by atomic mass is 79.9. The molecule has 2 saturated carbocycles. The van der Waals surface area contributed by atoms with Gasteiger partial charge in [-0.1, -0.05) is 11.6 Å². The van der Waals surface area contributed by atoms with Gasteiger partial charge in [-0.2, -0.15) is 4.31 Å². The van der Waals surface area contributed by atoms with Crippen LogP contribution in [-0.2, 0) is 17.1 Å². The number of sulfonamides is 1. The minimum Gasteiger partial charge on any atom is -0.235 e. The van der Waals surface area contributed by atoms with Gasteiger partial charge in [-0.15, -0.1) is 5.10 Å². The van der Waals surface area contributed by atoms with Gasteiger partial charge in [0.1, 0.15) is 0 Å². The molecule has 2 fully saturated rings. The summed E-state index contributed by atoms with van der Waals surface area (Å²) >= 11 is 3.17. The Balaban J connectivity index is 1.78. The highest BCUT2D eigenvalue weighted by molar-refractivity contribution is 9.10. The molecule has 3 unspecified atom stereocenters. The normalized spacial score (nSPS) is 29.5. The number of fused-ring (bicyclic) bond motifs is 2. The van der Waals surface area contributed by atoms with E-state index in [1.54, 1.807) is 14.1 Å². The molecular formula is C12H19BrN4O2S. The number of nitrogens with zero attached hydrogens (tertiary/aromatic N) is 4. The van der Waals surface area contributed by atoms with Crippen molar-refractivity contribution in [2.75, 3.05) is 13.6 Å². The van der Waals surface area contributed by atoms with Crippen molar-refractivity contribution in [2.45, 2.75) is 30.7 Å². The maximum atomic E-state index is 12.6. The zero-order valence-corrected chi connectivity index (χ0v) is 14.1. The fourth-order valence-corrected chi connectivity index (χ4v) is 6.02. The first-order valence-electron chi connectivity index (χ1n) is 6.91. The van der Waals surface area contributed by atoms with Crippen LogP contribution in [0.5, 0.6) is 0 Å². The molecule has 0 spiro atoms. The van der Waals surface area contributed by atoms with Gasteiger partial charge >= 0.3 is 0 Å². The molecule has 0 aromatic carbocycles. The van der Waals surface area contributed by atoms with Crippen LogP contribution in [0.3, 0.4) is 0 Å². The first-order chi connectivity index (χ1) is 9.39. The molecule has 6 nitrogen and oxygen atoms in total. The highest BCUT2D eigenvalue weighted by Gasteiger charge is 2.41. The van der Waals surface area contributed by atoms with E-state index in [1.165, 1.54) is 34.7 Å². The third kappa shape index (κ3) is 2.31. The van der Waals surface area contributed by atoms with Gasteiger partial charge in [-0.25, -0.2) is 13.1 Å². The molecule has 1 heterocycles. The molecule has 0 radical (unpaired) electrons. The Labute approximate surface area is 127 Å². The number of hydrogen-bond acceptors (Lipinski definition) is 4. The number of rotatable bonds is 4. The molecule has 3 atom stereocenters. The van der Waals surface area contributed by atoms with E-state index in [1.807, 2.05) is 0 Å². The van der Waals surface area contributed by atoms with E-state index >= 15 is 0 Å². The van der Waals surface area contributed by atoms with Gasteiger partial charge in [0.15, 0.2) is 4.60 Å². The lowest BCUT2D eigenvalue weighted by Gasteiger charge is -2.26. The summed E-state index contributed by atoms with van der Waals surface area (Å²) in [5.74, 6) is 2.05. The standard InChI is InChI=1S/C12H19BrN4O2S/c1-16(7-10-6-8-3-4-9(10)5-8)20(18,19)12-11(13)14-15-17(12)2/h8-10H,3-7H2,1-2H3. The fourth-order valence-electron chi connectivity index (χ4n) is 3.77. The average molecular weight is 363 g/mol. The van der Waals surface area contributed by atoms with Crippen molar-refractivity contribution in [3.05, 3.63) is 4.60 Å². The summed E-state index contributed by atoms with van der Waals surface area (Å²) < 4.78 is 28.3. The first kappa shape index (κ1) is 14.5. The summed E-state index contributed by atoms with van der Waals surface area (Å²) in [5.41, 5.74) is 0. The van der Waals surface area contributed by atoms with Crippen LogP contribution in [0, 0.1) is 17.8 Å². The minimum absolute atomic E-state index is 0.128. The van der Waals surface area contributed by atoms with E-state index in [0.717, 1.165) is 5.92 Å². The Morgan fingerprint density at radius 2 is 2.15 bits per heavy atom. The molecule has 8 heteroatoms. The van der Waals surface area contributed by atoms with Crippen LogP contribution in [0.25, 0.3) is 0 Å². The lowest BCUT2D eigenvalue weighted by Crippen LogP contribution is -2.34. The Hall–Kier alpha value is -0.470. The third-order valence-corrected chi connectivity index (χ3v) is 7.48. The summed E-state index contributed by atoms with van der Waals surface area (Å²) in [5, 5.41) is 7.64. The van der Waals surface area contributed by atoms with Crippen LogP contribution in [0.15, 0.2) is 9.63 Å². The molecule has 20 heavy (non-hydrogen) atoms. The van der Waals surface area contributed by atoms with Crippen molar-refractivity contribution in [2.24, 2.45) is 24.8 Å². The van der Waals surface area contributed by atoms with Crippen molar-refractivity contribution in [3.8, 4) is 0 Å². The minimum atomic E-state index is -3.54. The zero-order valence-electron chi connectivity index (χ0n) is 11.7. The molecule has 0 aliphatic heterocycles. The molecule has 0 N–H and O–H groups in total. The number of aromatic nitrogens is 3. The molecule has 2 aliphatic carbocycles. The van der Waals surface area contributed by atoms with Crippen LogP contribution in [0.1, 0.15) is 25.7 Å². The number of hydrogen-bond donors (Lipinski definition) is 0. The summed E-state index contributed by atoms with van der Waals surface area (Å²) in [6.45, 7) is 0.598. The van der Waals surface area contributed by atoms with Crippen LogP contribution >= 0.6 is 15.9 Å². The first-order valence-corrected chi connectivity index (χ1v) is 9.14. The number of halogens is 1. The molecular weight excluding hydrogens is 344 g/mol. The van der Waals surface area contributed by atoms with E-state index in [2.05, 4.69) is 26.2 Å². The van der Waals surface area contributed by atoms with Crippen molar-refractivity contribution in [1.29, 1.82) is 0 Å². The van der Waals surface area contributed by atoms with E-state index in [4.69, 9.17) is 0 Å². The molecule has 1 aromatic rings. The molecule has 3 rings (SSSR count). The lowest BCUT2D eigenvalue weighted by atomic mass is 9.89. The fraction of sp³-hybridized carbons (Fsp3) is 0.833. The molecule has 0 saturated heterocycles. The Kier molecular flexibility index (Phi) is 3.66. The predicted octanol–water partition coefficient (Wildman–Crippen LogP) is 1.63. The van der Waals surface area contributed by atoms with E-state index in [0.29, 0.717) is 18.4 Å². The second-order valence-electron chi connectivity index (χ2n) is 6.03. The van der Waals surface area contributed by atoms with Gasteiger partial charge in [0.25, 0.3) is 10.0 Å². The maximum Gasteiger partial charge on any atom is 0.262 e. The quantitative estimate of drug-likeness (QED) is 0.816. The van der Waals surface area contributed by atoms with Gasteiger partial charge in [0.2, 0.25) is 5.03 Å². The van der Waals surface area contributed by atoms with E-state index in [-0.39, 0.29) is 9.63 Å². The summed E-state index contributed by atoms with van der Waals surface area (Å²) in [4.78, 5) is 0. The van der Waals surface area contributed by atoms with Gasteiger partial charge in [-0.3, -0.25) is 0 Å². The van der Waals surface area contributed by atoms with Crippen molar-refractivity contribution >= 4 is 26.0 Å². The second kappa shape index (κ2) is 5.06. The largest absolute Gasteiger partial charge is 0.262 e. The second-order valence-corrected chi connectivity index (χ2v) is 8.74. The summed E-state index contributed by atoms with van der Waals surface area (Å²) in [6.07, 6.45) is 5.06. The van der Waals surface area contributed by atoms with Gasteiger partial charge < -0.3 is 0 Å². The monoisotopic (exact) mass is 362 g/mol. The molecule has 2 aliphatic rings. The molecule has 1 aromatic heterocycles. The molecule has 2 bridgehead atoms. The van der Waals surface area contributed by atoms with Crippen LogP contribution in [0.2, 0.25) is 0 Å². The highest BCUT2D eigenvalue weighted by Crippen LogP contribution is 2.48.